The smallest absolute Gasteiger partial charge is 0.165 e. The van der Waals surface area contributed by atoms with Crippen molar-refractivity contribution >= 4 is 0 Å². The highest BCUT2D eigenvalue weighted by atomic mass is 19.1. The molecule has 2 N–H and O–H groups in total. The number of aromatic nitrogens is 2. The molecule has 0 unspecified atom stereocenters. The Morgan fingerprint density at radius 1 is 1.42 bits per heavy atom. The van der Waals surface area contributed by atoms with E-state index in [0.717, 1.165) is 28.9 Å². The molecule has 1 aromatic carbocycles. The average molecular weight is 263 g/mol. The Kier molecular flexibility index (Phi) is 3.85. The second-order valence-electron chi connectivity index (χ2n) is 4.43. The van der Waals surface area contributed by atoms with E-state index in [4.69, 9.17) is 10.5 Å². The Morgan fingerprint density at radius 3 is 2.74 bits per heavy atom. The van der Waals surface area contributed by atoms with Crippen LogP contribution in [0.5, 0.6) is 5.75 Å². The van der Waals surface area contributed by atoms with E-state index in [1.54, 1.807) is 10.7 Å². The molecule has 4 nitrogen and oxygen atoms in total. The monoisotopic (exact) mass is 263 g/mol. The molecule has 0 aliphatic carbocycles. The number of methoxy groups -OCH3 is 1. The predicted octanol–water partition coefficient (Wildman–Crippen LogP) is 2.04. The van der Waals surface area contributed by atoms with Gasteiger partial charge in [0.1, 0.15) is 0 Å². The van der Waals surface area contributed by atoms with Gasteiger partial charge in [-0.2, -0.15) is 5.10 Å². The lowest BCUT2D eigenvalue weighted by atomic mass is 10.1. The summed E-state index contributed by atoms with van der Waals surface area (Å²) in [5, 5.41) is 4.43. The average Bonchev–Trinajstić information content (AvgIpc) is 2.65. The summed E-state index contributed by atoms with van der Waals surface area (Å²) in [5.41, 5.74) is 9.25. The zero-order chi connectivity index (χ0) is 14.0. The summed E-state index contributed by atoms with van der Waals surface area (Å²) in [6, 6.07) is 4.92. The SMILES string of the molecule is COc1ccc(-c2c(C)c(CCN)nn2C)cc1F. The van der Waals surface area contributed by atoms with Gasteiger partial charge in [0.25, 0.3) is 0 Å². The van der Waals surface area contributed by atoms with Crippen molar-refractivity contribution < 1.29 is 9.13 Å². The van der Waals surface area contributed by atoms with Crippen molar-refractivity contribution in [2.75, 3.05) is 13.7 Å². The van der Waals surface area contributed by atoms with Crippen LogP contribution in [0.1, 0.15) is 11.3 Å². The third-order valence-electron chi connectivity index (χ3n) is 3.19. The summed E-state index contributed by atoms with van der Waals surface area (Å²) in [4.78, 5) is 0. The number of ether oxygens (including phenoxy) is 1. The summed E-state index contributed by atoms with van der Waals surface area (Å²) in [6.45, 7) is 2.53. The van der Waals surface area contributed by atoms with Crippen molar-refractivity contribution in [2.24, 2.45) is 12.8 Å². The topological polar surface area (TPSA) is 53.1 Å². The van der Waals surface area contributed by atoms with Gasteiger partial charge in [-0.15, -0.1) is 0 Å². The molecule has 2 rings (SSSR count). The molecule has 0 aliphatic rings. The molecule has 0 saturated heterocycles. The zero-order valence-corrected chi connectivity index (χ0v) is 11.4. The third kappa shape index (κ3) is 2.46. The molecule has 0 aliphatic heterocycles. The molecular weight excluding hydrogens is 245 g/mol. The van der Waals surface area contributed by atoms with Gasteiger partial charge in [0, 0.05) is 19.0 Å². The number of hydrogen-bond acceptors (Lipinski definition) is 3. The summed E-state index contributed by atoms with van der Waals surface area (Å²) < 4.78 is 20.5. The molecule has 1 heterocycles. The molecule has 0 amide bonds. The van der Waals surface area contributed by atoms with Crippen LogP contribution in [0, 0.1) is 12.7 Å². The Bertz CT molecular complexity index is 593. The molecule has 0 bridgehead atoms. The number of benzene rings is 1. The van der Waals surface area contributed by atoms with E-state index >= 15 is 0 Å². The second-order valence-corrected chi connectivity index (χ2v) is 4.43. The van der Waals surface area contributed by atoms with E-state index in [9.17, 15) is 4.39 Å². The fourth-order valence-electron chi connectivity index (χ4n) is 2.28. The number of nitrogens with zero attached hydrogens (tertiary/aromatic N) is 2. The minimum Gasteiger partial charge on any atom is -0.494 e. The van der Waals surface area contributed by atoms with E-state index in [0.29, 0.717) is 6.54 Å². The van der Waals surface area contributed by atoms with Crippen LogP contribution in [-0.4, -0.2) is 23.4 Å². The van der Waals surface area contributed by atoms with Gasteiger partial charge in [0.2, 0.25) is 0 Å². The first-order chi connectivity index (χ1) is 9.08. The van der Waals surface area contributed by atoms with Crippen molar-refractivity contribution in [2.45, 2.75) is 13.3 Å². The standard InChI is InChI=1S/C14H18FN3O/c1-9-12(6-7-16)17-18(2)14(9)10-4-5-13(19-3)11(15)8-10/h4-5,8H,6-7,16H2,1-3H3. The van der Waals surface area contributed by atoms with Gasteiger partial charge in [-0.25, -0.2) is 4.39 Å². The quantitative estimate of drug-likeness (QED) is 0.918. The number of halogens is 1. The van der Waals surface area contributed by atoms with Gasteiger partial charge < -0.3 is 10.5 Å². The maximum atomic E-state index is 13.8. The van der Waals surface area contributed by atoms with Crippen LogP contribution >= 0.6 is 0 Å². The van der Waals surface area contributed by atoms with E-state index in [1.165, 1.54) is 13.2 Å². The largest absolute Gasteiger partial charge is 0.494 e. The Hall–Kier alpha value is -1.88. The van der Waals surface area contributed by atoms with Crippen molar-refractivity contribution in [3.8, 4) is 17.0 Å². The van der Waals surface area contributed by atoms with Crippen LogP contribution in [0.2, 0.25) is 0 Å². The van der Waals surface area contributed by atoms with E-state index in [1.807, 2.05) is 20.0 Å². The molecule has 0 radical (unpaired) electrons. The van der Waals surface area contributed by atoms with Gasteiger partial charge in [-0.05, 0) is 37.2 Å². The van der Waals surface area contributed by atoms with E-state index in [-0.39, 0.29) is 11.6 Å². The maximum Gasteiger partial charge on any atom is 0.165 e. The first kappa shape index (κ1) is 13.5. The van der Waals surface area contributed by atoms with Gasteiger partial charge in [0.05, 0.1) is 18.5 Å². The Morgan fingerprint density at radius 2 is 2.16 bits per heavy atom. The molecule has 102 valence electrons. The van der Waals surface area contributed by atoms with E-state index < -0.39 is 0 Å². The van der Waals surface area contributed by atoms with Crippen molar-refractivity contribution in [3.63, 3.8) is 0 Å². The molecule has 19 heavy (non-hydrogen) atoms. The minimum atomic E-state index is -0.374. The Labute approximate surface area is 112 Å². The van der Waals surface area contributed by atoms with Gasteiger partial charge >= 0.3 is 0 Å². The van der Waals surface area contributed by atoms with Crippen LogP contribution < -0.4 is 10.5 Å². The molecule has 5 heteroatoms. The van der Waals surface area contributed by atoms with Crippen LogP contribution in [-0.2, 0) is 13.5 Å². The van der Waals surface area contributed by atoms with Crippen molar-refractivity contribution in [1.29, 1.82) is 0 Å². The van der Waals surface area contributed by atoms with Gasteiger partial charge in [0.15, 0.2) is 11.6 Å². The normalized spacial score (nSPS) is 10.8. The third-order valence-corrected chi connectivity index (χ3v) is 3.19. The van der Waals surface area contributed by atoms with Gasteiger partial charge in [-0.1, -0.05) is 0 Å². The maximum absolute atomic E-state index is 13.8. The molecule has 0 atom stereocenters. The molecule has 0 saturated carbocycles. The number of aryl methyl sites for hydroxylation is 1. The van der Waals surface area contributed by atoms with Crippen molar-refractivity contribution in [3.05, 3.63) is 35.3 Å². The molecule has 1 aromatic heterocycles. The second kappa shape index (κ2) is 5.40. The lowest BCUT2D eigenvalue weighted by Gasteiger charge is -2.07. The summed E-state index contributed by atoms with van der Waals surface area (Å²) >= 11 is 0. The van der Waals surface area contributed by atoms with E-state index in [2.05, 4.69) is 5.10 Å². The number of rotatable bonds is 4. The fraction of sp³-hybridized carbons (Fsp3) is 0.357. The van der Waals surface area contributed by atoms with Crippen LogP contribution in [0.3, 0.4) is 0 Å². The molecule has 0 spiro atoms. The predicted molar refractivity (Wildman–Crippen MR) is 72.6 cm³/mol. The van der Waals surface area contributed by atoms with Crippen molar-refractivity contribution in [1.82, 2.24) is 9.78 Å². The fourth-order valence-corrected chi connectivity index (χ4v) is 2.28. The lowest BCUT2D eigenvalue weighted by molar-refractivity contribution is 0.386. The number of hydrogen-bond donors (Lipinski definition) is 1. The number of nitrogens with two attached hydrogens (primary N) is 1. The van der Waals surface area contributed by atoms with Crippen LogP contribution in [0.4, 0.5) is 4.39 Å². The lowest BCUT2D eigenvalue weighted by Crippen LogP contribution is -2.04. The minimum absolute atomic E-state index is 0.241. The first-order valence-electron chi connectivity index (χ1n) is 6.15. The highest BCUT2D eigenvalue weighted by molar-refractivity contribution is 5.65. The molecule has 2 aromatic rings. The summed E-state index contributed by atoms with van der Waals surface area (Å²) in [6.07, 6.45) is 0.721. The zero-order valence-electron chi connectivity index (χ0n) is 11.4. The van der Waals surface area contributed by atoms with Gasteiger partial charge in [-0.3, -0.25) is 4.68 Å². The summed E-state index contributed by atoms with van der Waals surface area (Å²) in [7, 11) is 3.30. The Balaban J connectivity index is 2.49. The molecule has 0 fully saturated rings. The van der Waals surface area contributed by atoms with Crippen LogP contribution in [0.15, 0.2) is 18.2 Å². The highest BCUT2D eigenvalue weighted by Crippen LogP contribution is 2.29. The first-order valence-corrected chi connectivity index (χ1v) is 6.15. The molecular formula is C14H18FN3O. The highest BCUT2D eigenvalue weighted by Gasteiger charge is 2.15. The van der Waals surface area contributed by atoms with Crippen LogP contribution in [0.25, 0.3) is 11.3 Å². The summed E-state index contributed by atoms with van der Waals surface area (Å²) in [5.74, 6) is -0.133.